The zero-order valence-electron chi connectivity index (χ0n) is 28.1. The molecule has 0 amide bonds. The van der Waals surface area contributed by atoms with Crippen molar-refractivity contribution in [3.05, 3.63) is 176 Å². The van der Waals surface area contributed by atoms with E-state index in [1.54, 1.807) is 0 Å². The van der Waals surface area contributed by atoms with Gasteiger partial charge in [-0.05, 0) is 60.7 Å². The second kappa shape index (κ2) is 10.3. The van der Waals surface area contributed by atoms with Crippen LogP contribution in [0.3, 0.4) is 0 Å². The molecule has 4 aromatic heterocycles. The van der Waals surface area contributed by atoms with E-state index in [9.17, 15) is 0 Å². The Morgan fingerprint density at radius 3 is 1.13 bits per heavy atom. The highest BCUT2D eigenvalue weighted by atomic mass is 15.0. The molecule has 12 aromatic rings. The number of H-pyrrole nitrogens is 1. The first kappa shape index (κ1) is 27.7. The number of nitrogens with one attached hydrogen (secondary N) is 1. The summed E-state index contributed by atoms with van der Waals surface area (Å²) in [5.74, 6) is 0. The molecule has 0 atom stereocenters. The van der Waals surface area contributed by atoms with Gasteiger partial charge in [0.2, 0.25) is 0 Å². The molecule has 4 heteroatoms. The molecule has 52 heavy (non-hydrogen) atoms. The van der Waals surface area contributed by atoms with Crippen molar-refractivity contribution in [1.82, 2.24) is 18.7 Å². The minimum atomic E-state index is 1.11. The molecule has 0 spiro atoms. The van der Waals surface area contributed by atoms with Crippen molar-refractivity contribution in [2.75, 3.05) is 0 Å². The van der Waals surface area contributed by atoms with Crippen LogP contribution in [0.5, 0.6) is 0 Å². The number of rotatable bonds is 3. The third-order valence-electron chi connectivity index (χ3n) is 11.1. The summed E-state index contributed by atoms with van der Waals surface area (Å²) in [6.45, 7) is 0. The van der Waals surface area contributed by atoms with E-state index in [4.69, 9.17) is 0 Å². The summed E-state index contributed by atoms with van der Waals surface area (Å²) in [6.07, 6.45) is 0. The summed E-state index contributed by atoms with van der Waals surface area (Å²) in [4.78, 5) is 3.80. The van der Waals surface area contributed by atoms with Gasteiger partial charge in [0.1, 0.15) is 0 Å². The maximum absolute atomic E-state index is 3.80. The van der Waals surface area contributed by atoms with Crippen LogP contribution in [0.1, 0.15) is 0 Å². The normalized spacial score (nSPS) is 12.2. The summed E-state index contributed by atoms with van der Waals surface area (Å²) < 4.78 is 7.34. The monoisotopic (exact) mass is 662 g/mol. The molecule has 0 aliphatic rings. The zero-order chi connectivity index (χ0) is 33.9. The van der Waals surface area contributed by atoms with Gasteiger partial charge in [-0.25, -0.2) is 0 Å². The minimum Gasteiger partial charge on any atom is -0.354 e. The molecule has 242 valence electrons. The van der Waals surface area contributed by atoms with Crippen LogP contribution < -0.4 is 0 Å². The molecule has 12 rings (SSSR count). The summed E-state index contributed by atoms with van der Waals surface area (Å²) >= 11 is 0. The Morgan fingerprint density at radius 2 is 0.654 bits per heavy atom. The molecule has 0 radical (unpaired) electrons. The molecular weight excluding hydrogens is 633 g/mol. The van der Waals surface area contributed by atoms with Crippen LogP contribution >= 0.6 is 0 Å². The number of aromatic nitrogens is 4. The van der Waals surface area contributed by atoms with Gasteiger partial charge in [-0.15, -0.1) is 0 Å². The van der Waals surface area contributed by atoms with E-state index in [-0.39, 0.29) is 0 Å². The fraction of sp³-hybridized carbons (Fsp3) is 0. The van der Waals surface area contributed by atoms with Crippen molar-refractivity contribution >= 4 is 87.2 Å². The highest BCUT2D eigenvalue weighted by Crippen LogP contribution is 2.41. The van der Waals surface area contributed by atoms with Crippen LogP contribution in [0, 0.1) is 0 Å². The topological polar surface area (TPSA) is 30.6 Å². The quantitative estimate of drug-likeness (QED) is 0.195. The van der Waals surface area contributed by atoms with Gasteiger partial charge in [0.15, 0.2) is 0 Å². The number of nitrogens with zero attached hydrogens (tertiary/aromatic N) is 3. The standard InChI is InChI=1S/C48H30N4/c1-7-19-40-33(13-1)38-25-26-46-47(48(38)49-40)39-18-6-12-24-45(39)52(46)32-28-30(50-41-20-8-2-14-34(41)35-15-3-9-21-42(35)50)27-31(29-32)51-43-22-10-4-16-36(43)37-17-5-11-23-44(37)51/h1-29,49H. The molecule has 1 N–H and O–H groups in total. The van der Waals surface area contributed by atoms with Crippen molar-refractivity contribution in [1.29, 1.82) is 0 Å². The Bertz CT molecular complexity index is 3180. The predicted molar refractivity (Wildman–Crippen MR) is 219 cm³/mol. The SMILES string of the molecule is c1ccc2c(c1)[nH]c1c2ccc2c1c1ccccc1n2-c1cc(-n2c3ccccc3c3ccccc32)cc(-n2c3ccccc3c3ccccc32)c1. The molecule has 0 saturated heterocycles. The Morgan fingerprint density at radius 1 is 0.288 bits per heavy atom. The number of benzene rings is 8. The van der Waals surface area contributed by atoms with Gasteiger partial charge in [-0.2, -0.15) is 0 Å². The van der Waals surface area contributed by atoms with Gasteiger partial charge in [-0.3, -0.25) is 0 Å². The van der Waals surface area contributed by atoms with Gasteiger partial charge in [-0.1, -0.05) is 115 Å². The maximum Gasteiger partial charge on any atom is 0.0566 e. The Balaban J connectivity index is 1.25. The van der Waals surface area contributed by atoms with Gasteiger partial charge < -0.3 is 18.7 Å². The molecule has 0 aliphatic heterocycles. The molecule has 0 saturated carbocycles. The summed E-state index contributed by atoms with van der Waals surface area (Å²) in [5.41, 5.74) is 12.8. The maximum atomic E-state index is 3.80. The average Bonchev–Trinajstić information content (AvgIpc) is 3.94. The minimum absolute atomic E-state index is 1.11. The van der Waals surface area contributed by atoms with Crippen LogP contribution in [0.15, 0.2) is 176 Å². The fourth-order valence-corrected chi connectivity index (χ4v) is 9.02. The summed E-state index contributed by atoms with van der Waals surface area (Å²) in [6, 6.07) is 64.3. The molecule has 4 nitrogen and oxygen atoms in total. The number of fused-ring (bicyclic) bond motifs is 13. The Hall–Kier alpha value is -7.04. The van der Waals surface area contributed by atoms with Crippen LogP contribution in [0.25, 0.3) is 104 Å². The fourth-order valence-electron chi connectivity index (χ4n) is 9.02. The van der Waals surface area contributed by atoms with Crippen molar-refractivity contribution in [2.24, 2.45) is 0 Å². The molecule has 0 fully saturated rings. The van der Waals surface area contributed by atoms with Gasteiger partial charge >= 0.3 is 0 Å². The number of hydrogen-bond acceptors (Lipinski definition) is 0. The molecule has 4 heterocycles. The zero-order valence-corrected chi connectivity index (χ0v) is 28.1. The van der Waals surface area contributed by atoms with Crippen molar-refractivity contribution in [2.45, 2.75) is 0 Å². The van der Waals surface area contributed by atoms with Crippen LogP contribution in [-0.2, 0) is 0 Å². The highest BCUT2D eigenvalue weighted by molar-refractivity contribution is 6.25. The van der Waals surface area contributed by atoms with E-state index in [1.165, 1.54) is 81.7 Å². The second-order valence-corrected chi connectivity index (χ2v) is 13.9. The summed E-state index contributed by atoms with van der Waals surface area (Å²) in [7, 11) is 0. The second-order valence-electron chi connectivity index (χ2n) is 13.9. The van der Waals surface area contributed by atoms with E-state index in [1.807, 2.05) is 0 Å². The predicted octanol–water partition coefficient (Wildman–Crippen LogP) is 12.6. The smallest absolute Gasteiger partial charge is 0.0566 e. The Kier molecular flexibility index (Phi) is 5.47. The van der Waals surface area contributed by atoms with E-state index in [0.29, 0.717) is 0 Å². The molecular formula is C48H30N4. The lowest BCUT2D eigenvalue weighted by atomic mass is 10.1. The third kappa shape index (κ3) is 3.65. The average molecular weight is 663 g/mol. The first-order chi connectivity index (χ1) is 25.8. The van der Waals surface area contributed by atoms with Crippen molar-refractivity contribution in [3.63, 3.8) is 0 Å². The van der Waals surface area contributed by atoms with E-state index >= 15 is 0 Å². The Labute approximate surface area is 298 Å². The van der Waals surface area contributed by atoms with E-state index < -0.39 is 0 Å². The van der Waals surface area contributed by atoms with Gasteiger partial charge in [0, 0.05) is 48.6 Å². The van der Waals surface area contributed by atoms with Gasteiger partial charge in [0.25, 0.3) is 0 Å². The molecule has 8 aromatic carbocycles. The van der Waals surface area contributed by atoms with Crippen LogP contribution in [-0.4, -0.2) is 18.7 Å². The molecule has 0 aliphatic carbocycles. The van der Waals surface area contributed by atoms with Crippen molar-refractivity contribution < 1.29 is 0 Å². The number of hydrogen-bond donors (Lipinski definition) is 1. The number of aromatic amines is 1. The lowest BCUT2D eigenvalue weighted by Crippen LogP contribution is -2.03. The van der Waals surface area contributed by atoms with Crippen molar-refractivity contribution in [3.8, 4) is 17.1 Å². The van der Waals surface area contributed by atoms with Gasteiger partial charge in [0.05, 0.1) is 55.7 Å². The molecule has 0 unspecified atom stereocenters. The highest BCUT2D eigenvalue weighted by Gasteiger charge is 2.21. The van der Waals surface area contributed by atoms with Crippen LogP contribution in [0.2, 0.25) is 0 Å². The first-order valence-electron chi connectivity index (χ1n) is 17.9. The third-order valence-corrected chi connectivity index (χ3v) is 11.1. The number of para-hydroxylation sites is 6. The lowest BCUT2D eigenvalue weighted by Gasteiger charge is -2.17. The summed E-state index contributed by atoms with van der Waals surface area (Å²) in [5, 5.41) is 9.97. The van der Waals surface area contributed by atoms with E-state index in [0.717, 1.165) is 22.6 Å². The largest absolute Gasteiger partial charge is 0.354 e. The lowest BCUT2D eigenvalue weighted by molar-refractivity contribution is 1.10. The van der Waals surface area contributed by atoms with E-state index in [2.05, 4.69) is 195 Å². The first-order valence-corrected chi connectivity index (χ1v) is 17.9. The molecule has 0 bridgehead atoms. The van der Waals surface area contributed by atoms with Crippen LogP contribution in [0.4, 0.5) is 0 Å².